The summed E-state index contributed by atoms with van der Waals surface area (Å²) in [6.07, 6.45) is 81.2. The van der Waals surface area contributed by atoms with Crippen LogP contribution in [0.4, 0.5) is 0 Å². The first-order valence-electron chi connectivity index (χ1n) is 33.6. The van der Waals surface area contributed by atoms with Crippen molar-refractivity contribution in [1.29, 1.82) is 0 Å². The maximum absolute atomic E-state index is 12.9. The molecule has 0 saturated carbocycles. The van der Waals surface area contributed by atoms with Gasteiger partial charge in [0.15, 0.2) is 6.10 Å². The molecule has 0 N–H and O–H groups in total. The van der Waals surface area contributed by atoms with Crippen molar-refractivity contribution in [2.24, 2.45) is 0 Å². The summed E-state index contributed by atoms with van der Waals surface area (Å²) in [5.74, 6) is -0.862. The van der Waals surface area contributed by atoms with E-state index in [1.54, 1.807) is 0 Å². The fourth-order valence-electron chi connectivity index (χ4n) is 9.98. The molecule has 0 spiro atoms. The molecule has 0 fully saturated rings. The zero-order chi connectivity index (χ0) is 55.0. The van der Waals surface area contributed by atoms with Crippen LogP contribution in [0.1, 0.15) is 361 Å². The zero-order valence-corrected chi connectivity index (χ0v) is 51.0. The third-order valence-electron chi connectivity index (χ3n) is 15.1. The lowest BCUT2D eigenvalue weighted by molar-refractivity contribution is -0.167. The summed E-state index contributed by atoms with van der Waals surface area (Å²) in [5, 5.41) is 0. The number of hydrogen-bond acceptors (Lipinski definition) is 6. The summed E-state index contributed by atoms with van der Waals surface area (Å²) < 4.78 is 17.0. The lowest BCUT2D eigenvalue weighted by Crippen LogP contribution is -2.30. The summed E-state index contributed by atoms with van der Waals surface area (Å²) in [6.45, 7) is 6.67. The first-order chi connectivity index (χ1) is 37.5. The summed E-state index contributed by atoms with van der Waals surface area (Å²) in [5.41, 5.74) is 0. The molecule has 76 heavy (non-hydrogen) atoms. The highest BCUT2D eigenvalue weighted by Crippen LogP contribution is 2.17. The average Bonchev–Trinajstić information content (AvgIpc) is 3.42. The van der Waals surface area contributed by atoms with Crippen LogP contribution in [0.5, 0.6) is 0 Å². The predicted molar refractivity (Wildman–Crippen MR) is 330 cm³/mol. The van der Waals surface area contributed by atoms with Gasteiger partial charge >= 0.3 is 17.9 Å². The number of hydrogen-bond donors (Lipinski definition) is 0. The van der Waals surface area contributed by atoms with Crippen LogP contribution < -0.4 is 0 Å². The Morgan fingerprint density at radius 3 is 0.750 bits per heavy atom. The molecule has 444 valence electrons. The van der Waals surface area contributed by atoms with Crippen LogP contribution in [0, 0.1) is 0 Å². The van der Waals surface area contributed by atoms with Crippen molar-refractivity contribution in [3.8, 4) is 0 Å². The van der Waals surface area contributed by atoms with Gasteiger partial charge in [-0.2, -0.15) is 0 Å². The second kappa shape index (κ2) is 64.9. The Morgan fingerprint density at radius 2 is 0.474 bits per heavy atom. The van der Waals surface area contributed by atoms with Crippen LogP contribution in [0.25, 0.3) is 0 Å². The molecule has 0 aromatic heterocycles. The van der Waals surface area contributed by atoms with Gasteiger partial charge in [-0.15, -0.1) is 0 Å². The highest BCUT2D eigenvalue weighted by Gasteiger charge is 2.19. The van der Waals surface area contributed by atoms with Crippen molar-refractivity contribution in [3.05, 3.63) is 48.6 Å². The number of carbonyl (C=O) groups excluding carboxylic acids is 3. The molecule has 6 nitrogen and oxygen atoms in total. The van der Waals surface area contributed by atoms with Crippen molar-refractivity contribution in [1.82, 2.24) is 0 Å². The molecule has 0 radical (unpaired) electrons. The molecule has 0 heterocycles. The molecule has 0 amide bonds. The third kappa shape index (κ3) is 62.2. The van der Waals surface area contributed by atoms with Gasteiger partial charge in [-0.25, -0.2) is 0 Å². The fraction of sp³-hybridized carbons (Fsp3) is 0.843. The van der Waals surface area contributed by atoms with Crippen molar-refractivity contribution in [3.63, 3.8) is 0 Å². The van der Waals surface area contributed by atoms with E-state index in [1.807, 2.05) is 0 Å². The monoisotopic (exact) mass is 1060 g/mol. The van der Waals surface area contributed by atoms with Crippen molar-refractivity contribution < 1.29 is 28.6 Å². The number of unbranched alkanes of at least 4 members (excludes halogenated alkanes) is 43. The first-order valence-corrected chi connectivity index (χ1v) is 33.6. The van der Waals surface area contributed by atoms with Gasteiger partial charge in [0, 0.05) is 19.3 Å². The largest absolute Gasteiger partial charge is 0.462 e. The van der Waals surface area contributed by atoms with Crippen LogP contribution in [-0.4, -0.2) is 37.2 Å². The zero-order valence-electron chi connectivity index (χ0n) is 51.0. The smallest absolute Gasteiger partial charge is 0.306 e. The Labute approximate surface area is 473 Å². The topological polar surface area (TPSA) is 78.9 Å². The van der Waals surface area contributed by atoms with Crippen LogP contribution in [0.3, 0.4) is 0 Å². The molecule has 0 aromatic carbocycles. The Kier molecular flexibility index (Phi) is 62.6. The van der Waals surface area contributed by atoms with Crippen LogP contribution >= 0.6 is 0 Å². The summed E-state index contributed by atoms with van der Waals surface area (Å²) in [7, 11) is 0. The molecular weight excluding hydrogens is 937 g/mol. The van der Waals surface area contributed by atoms with E-state index in [9.17, 15) is 14.4 Å². The van der Waals surface area contributed by atoms with E-state index in [0.29, 0.717) is 19.3 Å². The summed E-state index contributed by atoms with van der Waals surface area (Å²) in [6, 6.07) is 0. The minimum absolute atomic E-state index is 0.0739. The van der Waals surface area contributed by atoms with E-state index in [2.05, 4.69) is 69.4 Å². The van der Waals surface area contributed by atoms with Crippen molar-refractivity contribution >= 4 is 17.9 Å². The van der Waals surface area contributed by atoms with Gasteiger partial charge < -0.3 is 14.2 Å². The number of rotatable bonds is 62. The van der Waals surface area contributed by atoms with Crippen molar-refractivity contribution in [2.75, 3.05) is 13.2 Å². The van der Waals surface area contributed by atoms with E-state index in [-0.39, 0.29) is 31.1 Å². The first kappa shape index (κ1) is 73.4. The van der Waals surface area contributed by atoms with Gasteiger partial charge in [-0.3, -0.25) is 14.4 Å². The maximum atomic E-state index is 12.9. The molecule has 1 unspecified atom stereocenters. The molecule has 1 atom stereocenters. The van der Waals surface area contributed by atoms with Gasteiger partial charge in [-0.05, 0) is 83.5 Å². The lowest BCUT2D eigenvalue weighted by Gasteiger charge is -2.18. The van der Waals surface area contributed by atoms with Gasteiger partial charge in [0.2, 0.25) is 0 Å². The molecule has 0 aliphatic rings. The highest BCUT2D eigenvalue weighted by molar-refractivity contribution is 5.71. The van der Waals surface area contributed by atoms with Gasteiger partial charge in [0.05, 0.1) is 0 Å². The summed E-state index contributed by atoms with van der Waals surface area (Å²) >= 11 is 0. The third-order valence-corrected chi connectivity index (χ3v) is 15.1. The molecule has 0 rings (SSSR count). The minimum Gasteiger partial charge on any atom is -0.462 e. The Bertz CT molecular complexity index is 1310. The molecular formula is C70H128O6. The maximum Gasteiger partial charge on any atom is 0.306 e. The second-order valence-electron chi connectivity index (χ2n) is 22.7. The SMILES string of the molecule is CCCCCCC/C=C\C/C=C\C/C=C\CCCCCCCCCCCCC(=O)OCC(COC(=O)CCCCCCC/C=C\CCCCCCCC)OC(=O)CCCCCCCCCCCCCCCCCCCC. The van der Waals surface area contributed by atoms with Crippen LogP contribution in [0.2, 0.25) is 0 Å². The number of allylic oxidation sites excluding steroid dienone is 8. The molecule has 0 aromatic rings. The van der Waals surface area contributed by atoms with E-state index in [1.165, 1.54) is 244 Å². The molecule has 0 aliphatic carbocycles. The minimum atomic E-state index is -0.777. The quantitative estimate of drug-likeness (QED) is 0.0261. The standard InChI is InChI=1S/C70H128O6/c1-4-7-10-13-16-19-22-25-28-30-32-33-34-35-36-37-38-40-42-45-48-51-54-57-60-63-69(72)75-66-67(65-74-68(71)62-59-56-53-50-47-44-41-27-24-21-18-15-12-9-6-3)76-70(73)64-61-58-55-52-49-46-43-39-31-29-26-23-20-17-14-11-8-5-2/h22,25,27,30,32,34-35,41,67H,4-21,23-24,26,28-29,31,33,36-40,42-66H2,1-3H3/b25-22-,32-30-,35-34-,41-27-. The predicted octanol–water partition coefficient (Wildman–Crippen LogP) is 22.9. The van der Waals surface area contributed by atoms with E-state index >= 15 is 0 Å². The number of esters is 3. The summed E-state index contributed by atoms with van der Waals surface area (Å²) in [4.78, 5) is 38.4. The number of carbonyl (C=O) groups is 3. The van der Waals surface area contributed by atoms with E-state index in [0.717, 1.165) is 77.0 Å². The number of ether oxygens (including phenoxy) is 3. The molecule has 6 heteroatoms. The lowest BCUT2D eigenvalue weighted by atomic mass is 10.0. The van der Waals surface area contributed by atoms with Crippen molar-refractivity contribution in [2.45, 2.75) is 367 Å². The Balaban J connectivity index is 4.30. The molecule has 0 aliphatic heterocycles. The Morgan fingerprint density at radius 1 is 0.263 bits per heavy atom. The van der Waals surface area contributed by atoms with Gasteiger partial charge in [-0.1, -0.05) is 307 Å². The van der Waals surface area contributed by atoms with E-state index < -0.39 is 6.10 Å². The van der Waals surface area contributed by atoms with Gasteiger partial charge in [0.25, 0.3) is 0 Å². The highest BCUT2D eigenvalue weighted by atomic mass is 16.6. The molecule has 0 saturated heterocycles. The normalized spacial score (nSPS) is 12.3. The Hall–Kier alpha value is -2.63. The second-order valence-corrected chi connectivity index (χ2v) is 22.7. The van der Waals surface area contributed by atoms with Gasteiger partial charge in [0.1, 0.15) is 13.2 Å². The van der Waals surface area contributed by atoms with Crippen LogP contribution in [0.15, 0.2) is 48.6 Å². The molecule has 0 bridgehead atoms. The van der Waals surface area contributed by atoms with E-state index in [4.69, 9.17) is 14.2 Å². The average molecular weight is 1070 g/mol. The fourth-order valence-corrected chi connectivity index (χ4v) is 9.98. The van der Waals surface area contributed by atoms with Crippen LogP contribution in [-0.2, 0) is 28.6 Å².